The number of allylic oxidation sites excluding steroid dienone is 1. The Morgan fingerprint density at radius 1 is 1.36 bits per heavy atom. The van der Waals surface area contributed by atoms with Gasteiger partial charge in [-0.1, -0.05) is 36.6 Å². The van der Waals surface area contributed by atoms with Crippen LogP contribution in [0.25, 0.3) is 0 Å². The second-order valence-corrected chi connectivity index (χ2v) is 7.06. The van der Waals surface area contributed by atoms with E-state index in [1.54, 1.807) is 0 Å². The number of ether oxygens (including phenoxy) is 1. The van der Waals surface area contributed by atoms with Gasteiger partial charge in [0.25, 0.3) is 5.91 Å². The number of para-hydroxylation sites is 2. The lowest BCUT2D eigenvalue weighted by atomic mass is 9.92. The van der Waals surface area contributed by atoms with Gasteiger partial charge >= 0.3 is 0 Å². The highest BCUT2D eigenvalue weighted by Crippen LogP contribution is 2.33. The third-order valence-electron chi connectivity index (χ3n) is 5.14. The molecule has 3 unspecified atom stereocenters. The molecule has 0 radical (unpaired) electrons. The molecule has 0 spiro atoms. The number of carbonyl (C=O) groups excluding carboxylic acids is 1. The molecule has 1 aromatic rings. The number of fused-ring (bicyclic) bond motifs is 1. The molecule has 3 rings (SSSR count). The maximum Gasteiger partial charge on any atom is 0.263 e. The second kappa shape index (κ2) is 7.91. The highest BCUT2D eigenvalue weighted by atomic mass is 16.5. The van der Waals surface area contributed by atoms with Crippen molar-refractivity contribution in [3.05, 3.63) is 35.9 Å². The minimum absolute atomic E-state index is 0.136. The third-order valence-corrected chi connectivity index (χ3v) is 5.14. The second-order valence-electron chi connectivity index (χ2n) is 7.06. The molecule has 1 saturated carbocycles. The van der Waals surface area contributed by atoms with Crippen LogP contribution in [0.2, 0.25) is 0 Å². The fraction of sp³-hybridized carbons (Fsp3) is 0.550. The van der Waals surface area contributed by atoms with Crippen LogP contribution in [0.5, 0.6) is 5.75 Å². The summed E-state index contributed by atoms with van der Waals surface area (Å²) < 4.78 is 5.96. The number of aliphatic hydroxyl groups excluding tert-OH is 1. The molecule has 0 saturated heterocycles. The minimum Gasteiger partial charge on any atom is -0.477 e. The number of carbonyl (C=O) groups is 1. The smallest absolute Gasteiger partial charge is 0.263 e. The molecule has 1 heterocycles. The molecule has 1 aliphatic carbocycles. The van der Waals surface area contributed by atoms with Crippen LogP contribution in [0, 0.1) is 0 Å². The zero-order valence-electron chi connectivity index (χ0n) is 15.1. The maximum atomic E-state index is 12.7. The summed E-state index contributed by atoms with van der Waals surface area (Å²) in [4.78, 5) is 14.9. The van der Waals surface area contributed by atoms with Gasteiger partial charge in [-0.3, -0.25) is 4.79 Å². The molecule has 5 nitrogen and oxygen atoms in total. The van der Waals surface area contributed by atoms with Crippen LogP contribution in [0.15, 0.2) is 35.9 Å². The Hall–Kier alpha value is -2.01. The van der Waals surface area contributed by atoms with Gasteiger partial charge in [0, 0.05) is 6.54 Å². The Morgan fingerprint density at radius 3 is 2.88 bits per heavy atom. The van der Waals surface area contributed by atoms with E-state index in [9.17, 15) is 9.90 Å². The van der Waals surface area contributed by atoms with E-state index < -0.39 is 12.2 Å². The number of rotatable bonds is 4. The van der Waals surface area contributed by atoms with Crippen LogP contribution < -0.4 is 15.0 Å². The van der Waals surface area contributed by atoms with Gasteiger partial charge in [-0.25, -0.2) is 0 Å². The molecule has 0 bridgehead atoms. The Morgan fingerprint density at radius 2 is 2.12 bits per heavy atom. The standard InChI is InChI=1S/C20H28N2O3/c1-3-14(2)12-22-13-19(25-18-11-7-5-9-16(18)22)20(24)21-15-8-4-6-10-17(15)23/h3,5,7,9,11,15,17,19,23H,4,6,8,10,12-13H2,1-2H3,(H,21,24). The summed E-state index contributed by atoms with van der Waals surface area (Å²) in [7, 11) is 0. The Labute approximate surface area is 149 Å². The van der Waals surface area contributed by atoms with E-state index in [-0.39, 0.29) is 11.9 Å². The first kappa shape index (κ1) is 17.8. The van der Waals surface area contributed by atoms with Gasteiger partial charge in [0.1, 0.15) is 5.75 Å². The van der Waals surface area contributed by atoms with E-state index in [4.69, 9.17) is 4.74 Å². The molecule has 0 aromatic heterocycles. The highest BCUT2D eigenvalue weighted by molar-refractivity contribution is 5.83. The first-order valence-electron chi connectivity index (χ1n) is 9.19. The SMILES string of the molecule is CC=C(C)CN1CC(C(=O)NC2CCCCC2O)Oc2ccccc21. The molecule has 2 N–H and O–H groups in total. The van der Waals surface area contributed by atoms with Crippen molar-refractivity contribution in [3.63, 3.8) is 0 Å². The topological polar surface area (TPSA) is 61.8 Å². The lowest BCUT2D eigenvalue weighted by Gasteiger charge is -2.37. The average Bonchev–Trinajstić information content (AvgIpc) is 2.63. The first-order chi connectivity index (χ1) is 12.1. The number of amides is 1. The summed E-state index contributed by atoms with van der Waals surface area (Å²) in [6.45, 7) is 5.39. The zero-order chi connectivity index (χ0) is 17.8. The number of hydrogen-bond donors (Lipinski definition) is 2. The molecule has 1 aromatic carbocycles. The summed E-state index contributed by atoms with van der Waals surface area (Å²) in [5.74, 6) is 0.602. The Kier molecular flexibility index (Phi) is 5.63. The fourth-order valence-electron chi connectivity index (χ4n) is 3.54. The number of hydrogen-bond acceptors (Lipinski definition) is 4. The number of nitrogens with zero attached hydrogens (tertiary/aromatic N) is 1. The normalized spacial score (nSPS) is 26.6. The van der Waals surface area contributed by atoms with Gasteiger partial charge in [-0.05, 0) is 38.8 Å². The van der Waals surface area contributed by atoms with Crippen molar-refractivity contribution in [2.45, 2.75) is 57.8 Å². The molecule has 1 fully saturated rings. The van der Waals surface area contributed by atoms with Crippen molar-refractivity contribution < 1.29 is 14.6 Å². The molecule has 2 aliphatic rings. The summed E-state index contributed by atoms with van der Waals surface area (Å²) >= 11 is 0. The summed E-state index contributed by atoms with van der Waals surface area (Å²) in [5.41, 5.74) is 2.27. The number of aliphatic hydroxyl groups is 1. The predicted molar refractivity (Wildman–Crippen MR) is 98.9 cm³/mol. The third kappa shape index (κ3) is 4.15. The van der Waals surface area contributed by atoms with Gasteiger partial charge in [-0.15, -0.1) is 0 Å². The van der Waals surface area contributed by atoms with Gasteiger partial charge in [0.2, 0.25) is 0 Å². The minimum atomic E-state index is -0.561. The molecule has 136 valence electrons. The molecule has 1 aliphatic heterocycles. The predicted octanol–water partition coefficient (Wildman–Crippen LogP) is 2.64. The molecule has 1 amide bonds. The van der Waals surface area contributed by atoms with Gasteiger partial charge in [0.15, 0.2) is 6.10 Å². The summed E-state index contributed by atoms with van der Waals surface area (Å²) in [6, 6.07) is 7.68. The molecule has 3 atom stereocenters. The molecule has 5 heteroatoms. The van der Waals surface area contributed by atoms with Crippen molar-refractivity contribution in [1.82, 2.24) is 5.32 Å². The van der Waals surface area contributed by atoms with E-state index in [1.807, 2.05) is 31.2 Å². The number of benzene rings is 1. The van der Waals surface area contributed by atoms with Gasteiger partial charge < -0.3 is 20.1 Å². The van der Waals surface area contributed by atoms with E-state index in [0.717, 1.165) is 43.7 Å². The highest BCUT2D eigenvalue weighted by Gasteiger charge is 2.33. The maximum absolute atomic E-state index is 12.7. The average molecular weight is 344 g/mol. The fourth-order valence-corrected chi connectivity index (χ4v) is 3.54. The van der Waals surface area contributed by atoms with Crippen molar-refractivity contribution in [1.29, 1.82) is 0 Å². The first-order valence-corrected chi connectivity index (χ1v) is 9.19. The van der Waals surface area contributed by atoms with Crippen LogP contribution in [0.1, 0.15) is 39.5 Å². The van der Waals surface area contributed by atoms with E-state index in [2.05, 4.69) is 23.2 Å². The van der Waals surface area contributed by atoms with Crippen LogP contribution in [0.4, 0.5) is 5.69 Å². The Bertz CT molecular complexity index is 644. The van der Waals surface area contributed by atoms with Gasteiger partial charge in [-0.2, -0.15) is 0 Å². The van der Waals surface area contributed by atoms with E-state index in [1.165, 1.54) is 5.57 Å². The van der Waals surface area contributed by atoms with Crippen LogP contribution in [-0.4, -0.2) is 42.4 Å². The van der Waals surface area contributed by atoms with Crippen molar-refractivity contribution >= 4 is 11.6 Å². The lowest BCUT2D eigenvalue weighted by Crippen LogP contribution is -2.54. The van der Waals surface area contributed by atoms with Crippen LogP contribution >= 0.6 is 0 Å². The summed E-state index contributed by atoms with van der Waals surface area (Å²) in [6.07, 6.45) is 4.73. The Balaban J connectivity index is 1.73. The van der Waals surface area contributed by atoms with Crippen molar-refractivity contribution in [2.75, 3.05) is 18.0 Å². The van der Waals surface area contributed by atoms with Crippen molar-refractivity contribution in [2.24, 2.45) is 0 Å². The van der Waals surface area contributed by atoms with Crippen LogP contribution in [-0.2, 0) is 4.79 Å². The van der Waals surface area contributed by atoms with E-state index in [0.29, 0.717) is 6.54 Å². The monoisotopic (exact) mass is 344 g/mol. The van der Waals surface area contributed by atoms with Crippen molar-refractivity contribution in [3.8, 4) is 5.75 Å². The number of nitrogens with one attached hydrogen (secondary N) is 1. The quantitative estimate of drug-likeness (QED) is 0.825. The largest absolute Gasteiger partial charge is 0.477 e. The molecular weight excluding hydrogens is 316 g/mol. The molecule has 25 heavy (non-hydrogen) atoms. The van der Waals surface area contributed by atoms with Crippen LogP contribution in [0.3, 0.4) is 0 Å². The van der Waals surface area contributed by atoms with E-state index >= 15 is 0 Å². The summed E-state index contributed by atoms with van der Waals surface area (Å²) in [5, 5.41) is 13.1. The molecular formula is C20H28N2O3. The zero-order valence-corrected chi connectivity index (χ0v) is 15.1. The lowest BCUT2D eigenvalue weighted by molar-refractivity contribution is -0.129. The number of anilines is 1. The van der Waals surface area contributed by atoms with Gasteiger partial charge in [0.05, 0.1) is 24.4 Å².